The summed E-state index contributed by atoms with van der Waals surface area (Å²) in [5, 5.41) is 26.3. The van der Waals surface area contributed by atoms with Crippen LogP contribution in [0.2, 0.25) is 0 Å². The van der Waals surface area contributed by atoms with Gasteiger partial charge in [0.1, 0.15) is 12.1 Å². The highest BCUT2D eigenvalue weighted by Crippen LogP contribution is 2.13. The number of aliphatic carboxylic acids is 2. The van der Waals surface area contributed by atoms with Crippen LogP contribution >= 0.6 is 0 Å². The molecule has 1 heterocycles. The summed E-state index contributed by atoms with van der Waals surface area (Å²) in [6.07, 6.45) is 1.46. The Morgan fingerprint density at radius 2 is 1.89 bits per heavy atom. The van der Waals surface area contributed by atoms with Gasteiger partial charge in [-0.1, -0.05) is 0 Å². The van der Waals surface area contributed by atoms with Crippen molar-refractivity contribution in [2.45, 2.75) is 37.8 Å². The van der Waals surface area contributed by atoms with E-state index in [1.54, 1.807) is 0 Å². The van der Waals surface area contributed by atoms with Crippen LogP contribution in [0.15, 0.2) is 0 Å². The van der Waals surface area contributed by atoms with E-state index >= 15 is 0 Å². The van der Waals surface area contributed by atoms with Crippen LogP contribution in [0.1, 0.15) is 25.7 Å². The maximum atomic E-state index is 10.2. The van der Waals surface area contributed by atoms with Gasteiger partial charge in [-0.25, -0.2) is 0 Å². The number of nitrogens with zero attached hydrogens (tertiary/aromatic N) is 1. The average molecular weight is 277 g/mol. The van der Waals surface area contributed by atoms with Crippen molar-refractivity contribution in [2.24, 2.45) is 11.5 Å². The van der Waals surface area contributed by atoms with E-state index < -0.39 is 29.9 Å². The third kappa shape index (κ3) is 7.34. The predicted molar refractivity (Wildman–Crippen MR) is 63.2 cm³/mol. The molecular weight excluding hydrogens is 258 g/mol. The van der Waals surface area contributed by atoms with Gasteiger partial charge in [-0.05, 0) is 19.3 Å². The molecule has 19 heavy (non-hydrogen) atoms. The molecule has 0 unspecified atom stereocenters. The highest BCUT2D eigenvalue weighted by Gasteiger charge is 2.28. The number of carbonyl (C=O) groups is 3. The maximum absolute atomic E-state index is 10.2. The molecule has 1 amide bonds. The summed E-state index contributed by atoms with van der Waals surface area (Å²) in [5.74, 6) is -2.58. The molecule has 0 radical (unpaired) electrons. The molecule has 1 aliphatic rings. The van der Waals surface area contributed by atoms with Crippen LogP contribution in [0.3, 0.4) is 0 Å². The van der Waals surface area contributed by atoms with Crippen LogP contribution in [-0.4, -0.2) is 57.0 Å². The minimum Gasteiger partial charge on any atom is -0.480 e. The normalized spacial score (nSPS) is 20.2. The quantitative estimate of drug-likeness (QED) is 0.408. The fraction of sp³-hybridized carbons (Fsp3) is 0.700. The first-order valence-corrected chi connectivity index (χ1v) is 5.70. The third-order valence-corrected chi connectivity index (χ3v) is 2.53. The second kappa shape index (κ2) is 8.40. The van der Waals surface area contributed by atoms with E-state index in [9.17, 15) is 14.4 Å². The summed E-state index contributed by atoms with van der Waals surface area (Å²) in [6.45, 7) is 0.483. The molecule has 0 spiro atoms. The van der Waals surface area contributed by atoms with Crippen LogP contribution in [0, 0.1) is 0 Å². The molecular formula is C10H19N3O6. The Bertz CT molecular complexity index is 335. The molecule has 7 N–H and O–H groups in total. The Morgan fingerprint density at radius 1 is 1.32 bits per heavy atom. The zero-order chi connectivity index (χ0) is 15.0. The van der Waals surface area contributed by atoms with Gasteiger partial charge in [0, 0.05) is 13.0 Å². The van der Waals surface area contributed by atoms with Crippen molar-refractivity contribution in [3.63, 3.8) is 0 Å². The minimum atomic E-state index is -1.11. The van der Waals surface area contributed by atoms with Gasteiger partial charge in [0.2, 0.25) is 5.91 Å². The second-order valence-corrected chi connectivity index (χ2v) is 4.11. The van der Waals surface area contributed by atoms with Crippen molar-refractivity contribution in [1.82, 2.24) is 5.06 Å². The van der Waals surface area contributed by atoms with Gasteiger partial charge in [0.25, 0.3) is 0 Å². The summed E-state index contributed by atoms with van der Waals surface area (Å²) in [7, 11) is 0. The molecule has 1 saturated heterocycles. The van der Waals surface area contributed by atoms with Crippen LogP contribution < -0.4 is 11.5 Å². The Hall–Kier alpha value is -1.71. The summed E-state index contributed by atoms with van der Waals surface area (Å²) in [6, 6.07) is -1.64. The van der Waals surface area contributed by atoms with E-state index in [0.717, 1.165) is 11.5 Å². The number of carbonyl (C=O) groups excluding carboxylic acids is 1. The van der Waals surface area contributed by atoms with Crippen molar-refractivity contribution in [2.75, 3.05) is 6.54 Å². The maximum Gasteiger partial charge on any atom is 0.323 e. The topological polar surface area (TPSA) is 167 Å². The largest absolute Gasteiger partial charge is 0.480 e. The van der Waals surface area contributed by atoms with E-state index in [1.165, 1.54) is 0 Å². The van der Waals surface area contributed by atoms with Gasteiger partial charge in [-0.15, -0.1) is 0 Å². The van der Waals surface area contributed by atoms with E-state index in [0.29, 0.717) is 13.0 Å². The Balaban J connectivity index is 0.000000342. The lowest BCUT2D eigenvalue weighted by Crippen LogP contribution is -2.32. The highest BCUT2D eigenvalue weighted by atomic mass is 16.5. The summed E-state index contributed by atoms with van der Waals surface area (Å²) >= 11 is 0. The number of hydrogen-bond donors (Lipinski definition) is 5. The molecule has 0 bridgehead atoms. The van der Waals surface area contributed by atoms with E-state index in [-0.39, 0.29) is 12.8 Å². The van der Waals surface area contributed by atoms with Crippen molar-refractivity contribution in [3.05, 3.63) is 0 Å². The van der Waals surface area contributed by atoms with E-state index in [4.69, 9.17) is 26.9 Å². The first kappa shape index (κ1) is 17.3. The number of rotatable bonds is 5. The Kier molecular flexibility index (Phi) is 7.65. The zero-order valence-electron chi connectivity index (χ0n) is 10.4. The minimum absolute atomic E-state index is 0.0213. The van der Waals surface area contributed by atoms with E-state index in [2.05, 4.69) is 0 Å². The zero-order valence-corrected chi connectivity index (χ0v) is 10.4. The van der Waals surface area contributed by atoms with Gasteiger partial charge in [-0.2, -0.15) is 5.06 Å². The predicted octanol–water partition coefficient (Wildman–Crippen LogP) is -1.41. The number of hydrogen-bond acceptors (Lipinski definition) is 6. The number of amides is 1. The molecule has 0 aromatic rings. The van der Waals surface area contributed by atoms with Crippen LogP contribution in [0.4, 0.5) is 0 Å². The summed E-state index contributed by atoms with van der Waals surface area (Å²) in [5.41, 5.74) is 9.81. The molecule has 110 valence electrons. The Morgan fingerprint density at radius 3 is 2.16 bits per heavy atom. The molecule has 0 aromatic heterocycles. The van der Waals surface area contributed by atoms with Crippen LogP contribution in [0.25, 0.3) is 0 Å². The van der Waals surface area contributed by atoms with Crippen molar-refractivity contribution in [3.8, 4) is 0 Å². The molecule has 9 heteroatoms. The number of hydroxylamine groups is 2. The summed E-state index contributed by atoms with van der Waals surface area (Å²) < 4.78 is 0. The smallest absolute Gasteiger partial charge is 0.323 e. The standard InChI is InChI=1S/C5H10N2O3.C5H9NO3/c6-3(5(9)10)1-2-4(7)8;7-5(8)4-2-1-3-6(4)9/h3H,1-2,6H2,(H2,7,8)(H,9,10);4,9H,1-3H2,(H,7,8)/t3-;4-/m10/s1. The molecule has 0 saturated carbocycles. The number of carboxylic acids is 2. The third-order valence-electron chi connectivity index (χ3n) is 2.53. The average Bonchev–Trinajstić information content (AvgIpc) is 2.73. The van der Waals surface area contributed by atoms with Crippen molar-refractivity contribution >= 4 is 17.8 Å². The molecule has 1 rings (SSSR count). The highest BCUT2D eigenvalue weighted by molar-refractivity contribution is 5.77. The van der Waals surface area contributed by atoms with Gasteiger partial charge < -0.3 is 26.9 Å². The fourth-order valence-electron chi connectivity index (χ4n) is 1.42. The van der Waals surface area contributed by atoms with Crippen molar-refractivity contribution < 1.29 is 29.8 Å². The molecule has 2 atom stereocenters. The first-order valence-electron chi connectivity index (χ1n) is 5.70. The number of carboxylic acid groups (broad SMARTS) is 2. The molecule has 1 fully saturated rings. The lowest BCUT2D eigenvalue weighted by molar-refractivity contribution is -0.161. The lowest BCUT2D eigenvalue weighted by Gasteiger charge is -2.11. The number of primary amides is 1. The van der Waals surface area contributed by atoms with Gasteiger partial charge in [0.15, 0.2) is 0 Å². The monoisotopic (exact) mass is 277 g/mol. The number of nitrogens with two attached hydrogens (primary N) is 2. The Labute approximate surface area is 109 Å². The molecule has 0 aliphatic carbocycles. The van der Waals surface area contributed by atoms with Crippen molar-refractivity contribution in [1.29, 1.82) is 0 Å². The second-order valence-electron chi connectivity index (χ2n) is 4.11. The lowest BCUT2D eigenvalue weighted by atomic mass is 10.2. The molecule has 9 nitrogen and oxygen atoms in total. The first-order chi connectivity index (χ1) is 8.75. The molecule has 0 aromatic carbocycles. The van der Waals surface area contributed by atoms with Gasteiger partial charge in [-0.3, -0.25) is 14.4 Å². The van der Waals surface area contributed by atoms with Crippen LogP contribution in [-0.2, 0) is 14.4 Å². The molecule has 1 aliphatic heterocycles. The van der Waals surface area contributed by atoms with Crippen LogP contribution in [0.5, 0.6) is 0 Å². The van der Waals surface area contributed by atoms with Gasteiger partial charge in [0.05, 0.1) is 0 Å². The SMILES string of the molecule is NC(=O)CC[C@@H](N)C(=O)O.O=C(O)[C@@H]1CCCN1O. The van der Waals surface area contributed by atoms with Gasteiger partial charge >= 0.3 is 11.9 Å². The fourth-order valence-corrected chi connectivity index (χ4v) is 1.42. The van der Waals surface area contributed by atoms with E-state index in [1.807, 2.05) is 0 Å². The summed E-state index contributed by atoms with van der Waals surface area (Å²) in [4.78, 5) is 30.3.